The first-order valence-electron chi connectivity index (χ1n) is 8.55. The number of nitriles is 1. The maximum atomic E-state index is 12.1. The van der Waals surface area contributed by atoms with E-state index in [9.17, 15) is 4.79 Å². The van der Waals surface area contributed by atoms with Gasteiger partial charge in [0.2, 0.25) is 11.8 Å². The molecule has 1 unspecified atom stereocenters. The fraction of sp³-hybridized carbons (Fsp3) is 0.200. The SMILES string of the molecule is CC(Cc1nnc(SCC(=O)Nc2ccc(C#N)c(Cl)c2)o1)c1ccccc1. The molecular weight excluding hydrogens is 396 g/mol. The molecule has 3 aromatic rings. The molecule has 3 rings (SSSR count). The molecule has 1 amide bonds. The van der Waals surface area contributed by atoms with E-state index in [-0.39, 0.29) is 17.6 Å². The number of nitrogens with one attached hydrogen (secondary N) is 1. The van der Waals surface area contributed by atoms with E-state index in [4.69, 9.17) is 21.3 Å². The number of amides is 1. The lowest BCUT2D eigenvalue weighted by Gasteiger charge is -2.08. The van der Waals surface area contributed by atoms with Crippen molar-refractivity contribution in [3.05, 3.63) is 70.6 Å². The van der Waals surface area contributed by atoms with E-state index in [1.54, 1.807) is 18.2 Å². The Morgan fingerprint density at radius 2 is 2.07 bits per heavy atom. The largest absolute Gasteiger partial charge is 0.416 e. The lowest BCUT2D eigenvalue weighted by atomic mass is 9.98. The van der Waals surface area contributed by atoms with Crippen molar-refractivity contribution in [2.24, 2.45) is 0 Å². The summed E-state index contributed by atoms with van der Waals surface area (Å²) in [5, 5.41) is 20.3. The second-order valence-corrected chi connectivity index (χ2v) is 7.45. The van der Waals surface area contributed by atoms with Crippen molar-refractivity contribution in [1.29, 1.82) is 5.26 Å². The van der Waals surface area contributed by atoms with Gasteiger partial charge in [0.15, 0.2) is 0 Å². The van der Waals surface area contributed by atoms with Crippen molar-refractivity contribution in [1.82, 2.24) is 10.2 Å². The number of anilines is 1. The van der Waals surface area contributed by atoms with Gasteiger partial charge < -0.3 is 9.73 Å². The lowest BCUT2D eigenvalue weighted by Crippen LogP contribution is -2.14. The van der Waals surface area contributed by atoms with Gasteiger partial charge in [-0.1, -0.05) is 60.6 Å². The quantitative estimate of drug-likeness (QED) is 0.567. The van der Waals surface area contributed by atoms with Crippen LogP contribution in [0.2, 0.25) is 5.02 Å². The highest BCUT2D eigenvalue weighted by Crippen LogP contribution is 2.23. The second-order valence-electron chi connectivity index (χ2n) is 6.12. The Morgan fingerprint density at radius 1 is 1.29 bits per heavy atom. The number of benzene rings is 2. The van der Waals surface area contributed by atoms with Gasteiger partial charge in [-0.25, -0.2) is 0 Å². The van der Waals surface area contributed by atoms with E-state index in [2.05, 4.69) is 34.6 Å². The number of halogens is 1. The summed E-state index contributed by atoms with van der Waals surface area (Å²) < 4.78 is 5.63. The Labute approximate surface area is 171 Å². The zero-order chi connectivity index (χ0) is 19.9. The molecule has 0 saturated carbocycles. The van der Waals surface area contributed by atoms with Crippen LogP contribution in [0.3, 0.4) is 0 Å². The first-order valence-corrected chi connectivity index (χ1v) is 9.91. The Balaban J connectivity index is 1.50. The average Bonchev–Trinajstić information content (AvgIpc) is 3.14. The van der Waals surface area contributed by atoms with Crippen LogP contribution in [-0.4, -0.2) is 21.9 Å². The molecule has 1 heterocycles. The highest BCUT2D eigenvalue weighted by Gasteiger charge is 2.14. The highest BCUT2D eigenvalue weighted by molar-refractivity contribution is 7.99. The number of thioether (sulfide) groups is 1. The molecule has 0 spiro atoms. The summed E-state index contributed by atoms with van der Waals surface area (Å²) in [6.45, 7) is 2.10. The standard InChI is InChI=1S/C20H17ClN4O2S/c1-13(14-5-3-2-4-6-14)9-19-24-25-20(27-19)28-12-18(26)23-16-8-7-15(11-22)17(21)10-16/h2-8,10,13H,9,12H2,1H3,(H,23,26). The molecule has 142 valence electrons. The molecule has 6 nitrogen and oxygen atoms in total. The Kier molecular flexibility index (Phi) is 6.69. The number of nitrogens with zero attached hydrogens (tertiary/aromatic N) is 3. The van der Waals surface area contributed by atoms with Gasteiger partial charge in [0, 0.05) is 12.1 Å². The molecule has 0 aliphatic heterocycles. The number of hydrogen-bond donors (Lipinski definition) is 1. The van der Waals surface area contributed by atoms with E-state index < -0.39 is 0 Å². The molecule has 0 saturated heterocycles. The van der Waals surface area contributed by atoms with E-state index in [0.29, 0.717) is 33.8 Å². The molecule has 0 fully saturated rings. The van der Waals surface area contributed by atoms with E-state index >= 15 is 0 Å². The van der Waals surface area contributed by atoms with Gasteiger partial charge in [-0.2, -0.15) is 5.26 Å². The van der Waals surface area contributed by atoms with E-state index in [1.165, 1.54) is 17.3 Å². The minimum Gasteiger partial charge on any atom is -0.416 e. The molecule has 1 N–H and O–H groups in total. The van der Waals surface area contributed by atoms with Gasteiger partial charge in [-0.3, -0.25) is 4.79 Å². The summed E-state index contributed by atoms with van der Waals surface area (Å²) in [6, 6.07) is 16.8. The fourth-order valence-corrected chi connectivity index (χ4v) is 3.35. The molecule has 2 aromatic carbocycles. The number of rotatable bonds is 7. The maximum Gasteiger partial charge on any atom is 0.277 e. The molecule has 28 heavy (non-hydrogen) atoms. The van der Waals surface area contributed by atoms with Crippen LogP contribution >= 0.6 is 23.4 Å². The fourth-order valence-electron chi connectivity index (χ4n) is 2.55. The molecule has 1 atom stereocenters. The monoisotopic (exact) mass is 412 g/mol. The summed E-state index contributed by atoms with van der Waals surface area (Å²) in [5.41, 5.74) is 2.09. The minimum absolute atomic E-state index is 0.119. The zero-order valence-electron chi connectivity index (χ0n) is 15.1. The Bertz CT molecular complexity index is 1000. The van der Waals surface area contributed by atoms with Crippen LogP contribution in [-0.2, 0) is 11.2 Å². The highest BCUT2D eigenvalue weighted by atomic mass is 35.5. The summed E-state index contributed by atoms with van der Waals surface area (Å²) >= 11 is 7.13. The van der Waals surface area contributed by atoms with Gasteiger partial charge in [-0.15, -0.1) is 10.2 Å². The zero-order valence-corrected chi connectivity index (χ0v) is 16.6. The molecule has 0 aliphatic rings. The number of hydrogen-bond acceptors (Lipinski definition) is 6. The van der Waals surface area contributed by atoms with Crippen molar-refractivity contribution >= 4 is 35.0 Å². The summed E-state index contributed by atoms with van der Waals surface area (Å²) in [4.78, 5) is 12.1. The molecule has 1 aromatic heterocycles. The van der Waals surface area contributed by atoms with Gasteiger partial charge in [-0.05, 0) is 29.7 Å². The van der Waals surface area contributed by atoms with E-state index in [1.807, 2.05) is 24.3 Å². The minimum atomic E-state index is -0.233. The maximum absolute atomic E-state index is 12.1. The summed E-state index contributed by atoms with van der Waals surface area (Å²) in [6.07, 6.45) is 0.632. The topological polar surface area (TPSA) is 91.8 Å². The van der Waals surface area contributed by atoms with Crippen molar-refractivity contribution in [3.8, 4) is 6.07 Å². The first kappa shape index (κ1) is 19.9. The van der Waals surface area contributed by atoms with Gasteiger partial charge >= 0.3 is 0 Å². The third-order valence-electron chi connectivity index (χ3n) is 4.00. The Morgan fingerprint density at radius 3 is 2.79 bits per heavy atom. The smallest absolute Gasteiger partial charge is 0.277 e. The molecule has 0 radical (unpaired) electrons. The van der Waals surface area contributed by atoms with Crippen molar-refractivity contribution in [2.45, 2.75) is 24.5 Å². The predicted octanol–water partition coefficient (Wildman–Crippen LogP) is 4.67. The van der Waals surface area contributed by atoms with Crippen LogP contribution in [0.15, 0.2) is 58.2 Å². The molecule has 8 heteroatoms. The number of aromatic nitrogens is 2. The molecule has 0 bridgehead atoms. The van der Waals surface area contributed by atoms with Crippen LogP contribution in [0.5, 0.6) is 0 Å². The van der Waals surface area contributed by atoms with Gasteiger partial charge in [0.1, 0.15) is 6.07 Å². The first-order chi connectivity index (χ1) is 13.5. The number of carbonyl (C=O) groups is 1. The van der Waals surface area contributed by atoms with Crippen LogP contribution in [0, 0.1) is 11.3 Å². The second kappa shape index (κ2) is 9.40. The average molecular weight is 413 g/mol. The summed E-state index contributed by atoms with van der Waals surface area (Å²) in [5.74, 6) is 0.679. The summed E-state index contributed by atoms with van der Waals surface area (Å²) in [7, 11) is 0. The van der Waals surface area contributed by atoms with Crippen LogP contribution in [0.4, 0.5) is 5.69 Å². The Hall–Kier alpha value is -2.82. The third kappa shape index (κ3) is 5.35. The van der Waals surface area contributed by atoms with Crippen LogP contribution < -0.4 is 5.32 Å². The van der Waals surface area contributed by atoms with Crippen LogP contribution in [0.1, 0.15) is 29.9 Å². The lowest BCUT2D eigenvalue weighted by molar-refractivity contribution is -0.113. The number of carbonyl (C=O) groups excluding carboxylic acids is 1. The predicted molar refractivity (Wildman–Crippen MR) is 108 cm³/mol. The van der Waals surface area contributed by atoms with Gasteiger partial charge in [0.05, 0.1) is 16.3 Å². The van der Waals surface area contributed by atoms with Crippen molar-refractivity contribution < 1.29 is 9.21 Å². The molecule has 0 aliphatic carbocycles. The van der Waals surface area contributed by atoms with Crippen LogP contribution in [0.25, 0.3) is 0 Å². The van der Waals surface area contributed by atoms with Crippen molar-refractivity contribution in [2.75, 3.05) is 11.1 Å². The normalized spacial score (nSPS) is 11.6. The molecular formula is C20H17ClN4O2S. The third-order valence-corrected chi connectivity index (χ3v) is 5.13. The van der Waals surface area contributed by atoms with E-state index in [0.717, 1.165) is 0 Å². The van der Waals surface area contributed by atoms with Gasteiger partial charge in [0.25, 0.3) is 5.22 Å². The van der Waals surface area contributed by atoms with Crippen molar-refractivity contribution in [3.63, 3.8) is 0 Å².